The Morgan fingerprint density at radius 2 is 2.43 bits per heavy atom. The van der Waals surface area contributed by atoms with E-state index in [0.717, 1.165) is 13.0 Å². The first-order valence-corrected chi connectivity index (χ1v) is 2.24. The van der Waals surface area contributed by atoms with Crippen LogP contribution in [-0.2, 0) is 0 Å². The van der Waals surface area contributed by atoms with Crippen LogP contribution < -0.4 is 0 Å². The van der Waals surface area contributed by atoms with Gasteiger partial charge in [-0.3, -0.25) is 10.1 Å². The van der Waals surface area contributed by atoms with Gasteiger partial charge in [-0.2, -0.15) is 0 Å². The maximum atomic E-state index is 9.51. The van der Waals surface area contributed by atoms with Crippen molar-refractivity contribution in [3.05, 3.63) is 16.7 Å². The predicted octanol–water partition coefficient (Wildman–Crippen LogP) is 1.22. The van der Waals surface area contributed by atoms with Gasteiger partial charge in [-0.1, -0.05) is 6.92 Å². The molecule has 0 saturated carbocycles. The summed E-state index contributed by atoms with van der Waals surface area (Å²) in [5, 5.41) is 9.51. The van der Waals surface area contributed by atoms with Crippen molar-refractivity contribution in [2.24, 2.45) is 0 Å². The minimum atomic E-state index is -0.413. The van der Waals surface area contributed by atoms with Gasteiger partial charge < -0.3 is 0 Å². The summed E-state index contributed by atoms with van der Waals surface area (Å²) in [5.41, 5.74) is 0. The van der Waals surface area contributed by atoms with Crippen LogP contribution in [-0.4, -0.2) is 4.92 Å². The van der Waals surface area contributed by atoms with Crippen LogP contribution in [0.2, 0.25) is 0 Å². The Balaban J connectivity index is 2.82. The van der Waals surface area contributed by atoms with Crippen molar-refractivity contribution in [1.82, 2.24) is 0 Å². The third-order valence-electron chi connectivity index (χ3n) is 0.567. The van der Waals surface area contributed by atoms with E-state index in [1.807, 2.05) is 6.92 Å². The van der Waals surface area contributed by atoms with Gasteiger partial charge in [0.1, 0.15) is 0 Å². The van der Waals surface area contributed by atoms with Crippen molar-refractivity contribution in [2.45, 2.75) is 19.8 Å². The summed E-state index contributed by atoms with van der Waals surface area (Å²) in [7, 11) is 0. The van der Waals surface area contributed by atoms with Crippen molar-refractivity contribution in [3.63, 3.8) is 0 Å². The summed E-state index contributed by atoms with van der Waals surface area (Å²) < 4.78 is 0. The molecule has 3 heteroatoms. The molecule has 0 unspecified atom stereocenters. The summed E-state index contributed by atoms with van der Waals surface area (Å²) in [4.78, 5) is 9.10. The van der Waals surface area contributed by atoms with Crippen LogP contribution in [0.1, 0.15) is 19.8 Å². The van der Waals surface area contributed by atoms with Gasteiger partial charge in [0.2, 0.25) is 0 Å². The molecule has 0 heterocycles. The van der Waals surface area contributed by atoms with E-state index in [0.29, 0.717) is 6.42 Å². The van der Waals surface area contributed by atoms with Crippen LogP contribution in [0.25, 0.3) is 0 Å². The smallest absolute Gasteiger partial charge is 0.264 e. The van der Waals surface area contributed by atoms with Gasteiger partial charge >= 0.3 is 0 Å². The number of unbranched alkanes of at least 4 members (excludes halogenated alkanes) is 1. The second kappa shape index (κ2) is 3.59. The van der Waals surface area contributed by atoms with Crippen LogP contribution in [0.15, 0.2) is 0 Å². The Labute approximate surface area is 42.5 Å². The first kappa shape index (κ1) is 6.40. The monoisotopic (exact) mass is 102 g/mol. The Morgan fingerprint density at radius 3 is 2.57 bits per heavy atom. The molecule has 0 aromatic carbocycles. The first-order valence-electron chi connectivity index (χ1n) is 2.24. The maximum Gasteiger partial charge on any atom is 0.278 e. The predicted molar refractivity (Wildman–Crippen MR) is 26.2 cm³/mol. The number of hydrogen-bond donors (Lipinski definition) is 0. The summed E-state index contributed by atoms with van der Waals surface area (Å²) >= 11 is 0. The van der Waals surface area contributed by atoms with Gasteiger partial charge in [0.05, 0.1) is 0 Å². The van der Waals surface area contributed by atoms with Gasteiger partial charge in [0.15, 0.2) is 0 Å². The van der Waals surface area contributed by atoms with Crippen molar-refractivity contribution in [3.8, 4) is 0 Å². The molecule has 0 N–H and O–H groups in total. The van der Waals surface area contributed by atoms with Crippen molar-refractivity contribution in [2.75, 3.05) is 0 Å². The van der Waals surface area contributed by atoms with Gasteiger partial charge in [0, 0.05) is 11.3 Å². The Hall–Kier alpha value is -0.600. The first-order chi connectivity index (χ1) is 3.27. The van der Waals surface area contributed by atoms with E-state index in [1.54, 1.807) is 0 Å². The topological polar surface area (TPSA) is 43.1 Å². The van der Waals surface area contributed by atoms with Crippen LogP contribution in [0.3, 0.4) is 0 Å². The van der Waals surface area contributed by atoms with Gasteiger partial charge in [0.25, 0.3) is 6.54 Å². The molecular formula is C4H8NO2. The molecule has 0 aliphatic heterocycles. The SMILES string of the molecule is CCC[CH][N+](=O)[O-]. The van der Waals surface area contributed by atoms with Crippen LogP contribution in [0.5, 0.6) is 0 Å². The van der Waals surface area contributed by atoms with Gasteiger partial charge in [-0.05, 0) is 6.42 Å². The molecule has 0 aromatic heterocycles. The lowest BCUT2D eigenvalue weighted by Crippen LogP contribution is -1.90. The minimum Gasteiger partial charge on any atom is -0.264 e. The van der Waals surface area contributed by atoms with Crippen molar-refractivity contribution < 1.29 is 4.92 Å². The molecule has 0 amide bonds. The molecule has 0 bridgehead atoms. The van der Waals surface area contributed by atoms with Crippen molar-refractivity contribution >= 4 is 0 Å². The van der Waals surface area contributed by atoms with E-state index in [9.17, 15) is 10.1 Å². The highest BCUT2D eigenvalue weighted by Gasteiger charge is 1.93. The Morgan fingerprint density at radius 1 is 1.86 bits per heavy atom. The van der Waals surface area contributed by atoms with E-state index in [2.05, 4.69) is 0 Å². The van der Waals surface area contributed by atoms with Crippen LogP contribution in [0.4, 0.5) is 0 Å². The zero-order chi connectivity index (χ0) is 5.70. The number of nitro groups is 1. The fraction of sp³-hybridized carbons (Fsp3) is 0.750. The fourth-order valence-corrected chi connectivity index (χ4v) is 0.235. The highest BCUT2D eigenvalue weighted by molar-refractivity contribution is 4.43. The second-order valence-electron chi connectivity index (χ2n) is 1.26. The lowest BCUT2D eigenvalue weighted by Gasteiger charge is -1.82. The zero-order valence-corrected chi connectivity index (χ0v) is 4.26. The molecule has 3 nitrogen and oxygen atoms in total. The van der Waals surface area contributed by atoms with Gasteiger partial charge in [-0.15, -0.1) is 0 Å². The Bertz CT molecular complexity index is 62.7. The maximum absolute atomic E-state index is 9.51. The quantitative estimate of drug-likeness (QED) is 0.397. The normalized spacial score (nSPS) is 8.71. The average molecular weight is 102 g/mol. The van der Waals surface area contributed by atoms with E-state index < -0.39 is 4.92 Å². The molecule has 0 fully saturated rings. The summed E-state index contributed by atoms with van der Waals surface area (Å²) in [6.07, 6.45) is 1.42. The van der Waals surface area contributed by atoms with E-state index in [-0.39, 0.29) is 0 Å². The molecule has 0 spiro atoms. The van der Waals surface area contributed by atoms with E-state index in [4.69, 9.17) is 0 Å². The fourth-order valence-electron chi connectivity index (χ4n) is 0.235. The molecule has 0 atom stereocenters. The van der Waals surface area contributed by atoms with Crippen LogP contribution >= 0.6 is 0 Å². The molecule has 0 aliphatic rings. The second-order valence-corrected chi connectivity index (χ2v) is 1.26. The molecule has 0 rings (SSSR count). The lowest BCUT2D eigenvalue weighted by atomic mass is 10.3. The summed E-state index contributed by atoms with van der Waals surface area (Å²) in [6.45, 7) is 2.97. The lowest BCUT2D eigenvalue weighted by molar-refractivity contribution is -0.437. The Kier molecular flexibility index (Phi) is 3.28. The van der Waals surface area contributed by atoms with Gasteiger partial charge in [-0.25, -0.2) is 0 Å². The molecule has 0 aromatic rings. The molecule has 0 saturated heterocycles. The highest BCUT2D eigenvalue weighted by Crippen LogP contribution is 1.90. The molecular weight excluding hydrogens is 94.0 g/mol. The van der Waals surface area contributed by atoms with E-state index >= 15 is 0 Å². The summed E-state index contributed by atoms with van der Waals surface area (Å²) in [5.74, 6) is 0. The van der Waals surface area contributed by atoms with Crippen molar-refractivity contribution in [1.29, 1.82) is 0 Å². The number of rotatable bonds is 3. The van der Waals surface area contributed by atoms with E-state index in [1.165, 1.54) is 0 Å². The van der Waals surface area contributed by atoms with Crippen LogP contribution in [0, 0.1) is 16.7 Å². The third kappa shape index (κ3) is 5.40. The number of nitrogens with zero attached hydrogens (tertiary/aromatic N) is 1. The minimum absolute atomic E-state index is 0.413. The highest BCUT2D eigenvalue weighted by atomic mass is 16.6. The largest absolute Gasteiger partial charge is 0.278 e. The molecule has 7 heavy (non-hydrogen) atoms. The average Bonchev–Trinajstić information content (AvgIpc) is 1.61. The third-order valence-corrected chi connectivity index (χ3v) is 0.567. The molecule has 1 radical (unpaired) electrons. The standard InChI is InChI=1S/C4H8NO2/c1-2-3-4-5(6)7/h4H,2-3H2,1H3. The summed E-state index contributed by atoms with van der Waals surface area (Å²) in [6, 6.07) is 0. The molecule has 41 valence electrons. The molecule has 0 aliphatic carbocycles. The number of hydrogen-bond acceptors (Lipinski definition) is 2. The zero-order valence-electron chi connectivity index (χ0n) is 4.26.